The van der Waals surface area contributed by atoms with E-state index < -0.39 is 6.10 Å². The molecular weight excluding hydrogens is 276 g/mol. The summed E-state index contributed by atoms with van der Waals surface area (Å²) >= 11 is 1.26. The van der Waals surface area contributed by atoms with Gasteiger partial charge < -0.3 is 15.2 Å². The van der Waals surface area contributed by atoms with E-state index in [9.17, 15) is 9.90 Å². The predicted molar refractivity (Wildman–Crippen MR) is 79.0 cm³/mol. The van der Waals surface area contributed by atoms with Gasteiger partial charge in [-0.05, 0) is 18.4 Å². The fraction of sp³-hybridized carbons (Fsp3) is 0.429. The normalized spacial score (nSPS) is 19.4. The smallest absolute Gasteiger partial charge is 0.282 e. The number of aliphatic hydroxyl groups is 1. The second-order valence-corrected chi connectivity index (χ2v) is 5.76. The lowest BCUT2D eigenvalue weighted by Gasteiger charge is -2.27. The van der Waals surface area contributed by atoms with Gasteiger partial charge in [0.25, 0.3) is 5.91 Å². The molecule has 2 N–H and O–H groups in total. The van der Waals surface area contributed by atoms with E-state index in [-0.39, 0.29) is 11.0 Å². The van der Waals surface area contributed by atoms with Crippen molar-refractivity contribution in [3.05, 3.63) is 35.9 Å². The molecule has 1 aromatic carbocycles. The Morgan fingerprint density at radius 1 is 1.35 bits per heavy atom. The summed E-state index contributed by atoms with van der Waals surface area (Å²) in [6.07, 6.45) is 0.622. The number of carbonyl (C=O) groups excluding carboxylic acids is 1. The molecule has 0 radical (unpaired) electrons. The molecule has 0 aromatic heterocycles. The van der Waals surface area contributed by atoms with Gasteiger partial charge >= 0.3 is 0 Å². The summed E-state index contributed by atoms with van der Waals surface area (Å²) in [5.41, 5.74) is 1.08. The van der Waals surface area contributed by atoms with E-state index in [0.29, 0.717) is 25.9 Å². The molecule has 1 heterocycles. The zero-order chi connectivity index (χ0) is 14.4. The lowest BCUT2D eigenvalue weighted by atomic mass is 10.1. The lowest BCUT2D eigenvalue weighted by molar-refractivity contribution is -0.124. The number of carbonyl (C=O) groups is 1. The molecule has 1 saturated heterocycles. The van der Waals surface area contributed by atoms with Crippen LogP contribution in [0.15, 0.2) is 35.5 Å². The number of aliphatic hydroxyl groups excluding tert-OH is 1. The first-order valence-electron chi connectivity index (χ1n) is 6.57. The maximum absolute atomic E-state index is 11.9. The summed E-state index contributed by atoms with van der Waals surface area (Å²) in [5, 5.41) is 21.9. The topological polar surface area (TPSA) is 73.1 Å². The van der Waals surface area contributed by atoms with Gasteiger partial charge in [-0.25, -0.2) is 0 Å². The van der Waals surface area contributed by atoms with Gasteiger partial charge in [-0.2, -0.15) is 0 Å². The SMILES string of the molecule is O=C1C(=NO)SCCN1CCC(O)Cc1ccccc1. The number of benzene rings is 1. The number of oxime groups is 1. The molecular formula is C14H18N2O3S. The quantitative estimate of drug-likeness (QED) is 0.635. The van der Waals surface area contributed by atoms with Crippen molar-refractivity contribution in [3.63, 3.8) is 0 Å². The van der Waals surface area contributed by atoms with E-state index in [1.807, 2.05) is 30.3 Å². The molecule has 5 nitrogen and oxygen atoms in total. The van der Waals surface area contributed by atoms with Crippen LogP contribution in [0.25, 0.3) is 0 Å². The van der Waals surface area contributed by atoms with E-state index in [1.165, 1.54) is 11.8 Å². The van der Waals surface area contributed by atoms with Gasteiger partial charge in [0.05, 0.1) is 6.10 Å². The van der Waals surface area contributed by atoms with E-state index in [2.05, 4.69) is 5.16 Å². The molecule has 1 unspecified atom stereocenters. The number of hydrogen-bond donors (Lipinski definition) is 2. The summed E-state index contributed by atoms with van der Waals surface area (Å²) in [7, 11) is 0. The number of nitrogens with zero attached hydrogens (tertiary/aromatic N) is 2. The molecule has 1 aliphatic rings. The zero-order valence-corrected chi connectivity index (χ0v) is 11.9. The van der Waals surface area contributed by atoms with E-state index in [0.717, 1.165) is 11.3 Å². The molecule has 20 heavy (non-hydrogen) atoms. The minimum Gasteiger partial charge on any atom is -0.410 e. The van der Waals surface area contributed by atoms with Crippen LogP contribution in [0.3, 0.4) is 0 Å². The van der Waals surface area contributed by atoms with Crippen molar-refractivity contribution < 1.29 is 15.1 Å². The van der Waals surface area contributed by atoms with Crippen LogP contribution in [0.2, 0.25) is 0 Å². The van der Waals surface area contributed by atoms with Crippen molar-refractivity contribution in [2.24, 2.45) is 5.16 Å². The van der Waals surface area contributed by atoms with Crippen LogP contribution in [-0.4, -0.2) is 51.1 Å². The molecule has 1 atom stereocenters. The maximum atomic E-state index is 11.9. The van der Waals surface area contributed by atoms with Crippen LogP contribution in [-0.2, 0) is 11.2 Å². The first kappa shape index (κ1) is 14.9. The highest BCUT2D eigenvalue weighted by Gasteiger charge is 2.26. The van der Waals surface area contributed by atoms with Gasteiger partial charge in [0.15, 0.2) is 0 Å². The average molecular weight is 294 g/mol. The van der Waals surface area contributed by atoms with Crippen molar-refractivity contribution >= 4 is 22.7 Å². The third kappa shape index (κ3) is 3.98. The summed E-state index contributed by atoms with van der Waals surface area (Å²) in [4.78, 5) is 13.5. The lowest BCUT2D eigenvalue weighted by Crippen LogP contribution is -2.42. The average Bonchev–Trinajstić information content (AvgIpc) is 2.47. The fourth-order valence-electron chi connectivity index (χ4n) is 2.13. The molecule has 1 aromatic rings. The molecule has 2 rings (SSSR count). The molecule has 6 heteroatoms. The Morgan fingerprint density at radius 2 is 2.10 bits per heavy atom. The molecule has 1 amide bonds. The van der Waals surface area contributed by atoms with Crippen LogP contribution in [0.5, 0.6) is 0 Å². The van der Waals surface area contributed by atoms with Crippen LogP contribution in [0.4, 0.5) is 0 Å². The summed E-state index contributed by atoms with van der Waals surface area (Å²) in [6.45, 7) is 1.10. The first-order chi connectivity index (χ1) is 9.70. The molecule has 0 bridgehead atoms. The second kappa shape index (κ2) is 7.31. The van der Waals surface area contributed by atoms with Gasteiger partial charge in [-0.15, -0.1) is 0 Å². The fourth-order valence-corrected chi connectivity index (χ4v) is 2.94. The van der Waals surface area contributed by atoms with Gasteiger partial charge in [-0.3, -0.25) is 4.79 Å². The molecule has 1 aliphatic heterocycles. The van der Waals surface area contributed by atoms with Gasteiger partial charge in [0.1, 0.15) is 0 Å². The Morgan fingerprint density at radius 3 is 2.80 bits per heavy atom. The van der Waals surface area contributed by atoms with Crippen molar-refractivity contribution in [1.82, 2.24) is 4.90 Å². The Hall–Kier alpha value is -1.53. The largest absolute Gasteiger partial charge is 0.410 e. The number of hydrogen-bond acceptors (Lipinski definition) is 5. The summed E-state index contributed by atoms with van der Waals surface area (Å²) in [5.74, 6) is 0.468. The maximum Gasteiger partial charge on any atom is 0.282 e. The van der Waals surface area contributed by atoms with Gasteiger partial charge in [0.2, 0.25) is 5.04 Å². The highest BCUT2D eigenvalue weighted by atomic mass is 32.2. The molecule has 108 valence electrons. The highest BCUT2D eigenvalue weighted by Crippen LogP contribution is 2.15. The summed E-state index contributed by atoms with van der Waals surface area (Å²) in [6, 6.07) is 9.77. The first-order valence-corrected chi connectivity index (χ1v) is 7.55. The zero-order valence-electron chi connectivity index (χ0n) is 11.1. The molecule has 0 spiro atoms. The minimum atomic E-state index is -0.478. The third-order valence-corrected chi connectivity index (χ3v) is 4.12. The van der Waals surface area contributed by atoms with Crippen molar-refractivity contribution in [1.29, 1.82) is 0 Å². The molecule has 1 fully saturated rings. The van der Waals surface area contributed by atoms with Crippen molar-refractivity contribution in [2.45, 2.75) is 18.9 Å². The summed E-state index contributed by atoms with van der Waals surface area (Å²) < 4.78 is 0. The Labute approximate surface area is 122 Å². The number of rotatable bonds is 5. The van der Waals surface area contributed by atoms with E-state index in [4.69, 9.17) is 5.21 Å². The minimum absolute atomic E-state index is 0.133. The highest BCUT2D eigenvalue weighted by molar-refractivity contribution is 8.15. The number of amides is 1. The van der Waals surface area contributed by atoms with Crippen LogP contribution >= 0.6 is 11.8 Å². The molecule has 0 saturated carbocycles. The van der Waals surface area contributed by atoms with Crippen molar-refractivity contribution in [2.75, 3.05) is 18.8 Å². The van der Waals surface area contributed by atoms with Crippen LogP contribution in [0, 0.1) is 0 Å². The standard InChI is InChI=1S/C14H18N2O3S/c17-12(10-11-4-2-1-3-5-11)6-7-16-8-9-20-13(15-19)14(16)18/h1-5,12,17,19H,6-10H2. The van der Waals surface area contributed by atoms with Crippen molar-refractivity contribution in [3.8, 4) is 0 Å². The van der Waals surface area contributed by atoms with Gasteiger partial charge in [0, 0.05) is 18.8 Å². The third-order valence-electron chi connectivity index (χ3n) is 3.21. The monoisotopic (exact) mass is 294 g/mol. The number of thioether (sulfide) groups is 1. The Balaban J connectivity index is 1.81. The van der Waals surface area contributed by atoms with Crippen LogP contribution in [0.1, 0.15) is 12.0 Å². The molecule has 0 aliphatic carbocycles. The van der Waals surface area contributed by atoms with E-state index in [1.54, 1.807) is 4.90 Å². The predicted octanol–water partition coefficient (Wildman–Crippen LogP) is 1.34. The van der Waals surface area contributed by atoms with Gasteiger partial charge in [-0.1, -0.05) is 47.2 Å². The second-order valence-electron chi connectivity index (χ2n) is 4.68. The Bertz CT molecular complexity index is 479. The Kier molecular flexibility index (Phi) is 5.43. The van der Waals surface area contributed by atoms with E-state index >= 15 is 0 Å². The van der Waals surface area contributed by atoms with Crippen LogP contribution < -0.4 is 0 Å².